The highest BCUT2D eigenvalue weighted by Crippen LogP contribution is 2.36. The van der Waals surface area contributed by atoms with Crippen molar-refractivity contribution in [3.63, 3.8) is 0 Å². The molecule has 3 heteroatoms. The van der Waals surface area contributed by atoms with Crippen molar-refractivity contribution in [2.45, 2.75) is 71.1 Å². The molecule has 1 nitrogen and oxygen atoms in total. The van der Waals surface area contributed by atoms with Crippen molar-refractivity contribution in [1.82, 2.24) is 0 Å². The van der Waals surface area contributed by atoms with Crippen molar-refractivity contribution in [2.75, 3.05) is 6.61 Å². The molecule has 1 saturated carbocycles. The average Bonchev–Trinajstić information content (AvgIpc) is 2.91. The molecular formula is C33H38F2O. The van der Waals surface area contributed by atoms with Gasteiger partial charge in [0.25, 0.3) is 0 Å². The lowest BCUT2D eigenvalue weighted by Gasteiger charge is -2.27. The van der Waals surface area contributed by atoms with Crippen LogP contribution in [0.1, 0.15) is 75.0 Å². The van der Waals surface area contributed by atoms with E-state index in [1.54, 1.807) is 18.2 Å². The van der Waals surface area contributed by atoms with Gasteiger partial charge >= 0.3 is 0 Å². The highest BCUT2D eigenvalue weighted by atomic mass is 19.2. The maximum absolute atomic E-state index is 14.8. The van der Waals surface area contributed by atoms with Crippen LogP contribution < -0.4 is 4.74 Å². The molecule has 0 radical (unpaired) electrons. The summed E-state index contributed by atoms with van der Waals surface area (Å²) in [6.07, 6.45) is 17.5. The fourth-order valence-electron chi connectivity index (χ4n) is 5.19. The van der Waals surface area contributed by atoms with Crippen LogP contribution in [0.15, 0.2) is 72.8 Å². The Kier molecular flexibility index (Phi) is 9.33. The molecule has 0 aromatic heterocycles. The van der Waals surface area contributed by atoms with Crippen LogP contribution in [-0.2, 0) is 12.8 Å². The van der Waals surface area contributed by atoms with Gasteiger partial charge in [-0.15, -0.1) is 0 Å². The Bertz CT molecular complexity index is 1180. The standard InChI is InChI=1S/C33H38F2O/c1-3-5-7-8-24-11-16-27(17-12-24)28-18-13-25(14-19-28)9-10-26-15-20-29-23-31(36-21-6-4-2)33(35)32(34)30(29)22-26/h4,6-8,13-15,18-20,22-24,27H,3,5,9-12,16-17,21H2,1-2H3/b6-4?,8-7+. The van der Waals surface area contributed by atoms with E-state index in [9.17, 15) is 8.78 Å². The van der Waals surface area contributed by atoms with Crippen molar-refractivity contribution in [2.24, 2.45) is 5.92 Å². The maximum Gasteiger partial charge on any atom is 0.201 e. The smallest absolute Gasteiger partial charge is 0.201 e. The first kappa shape index (κ1) is 26.1. The zero-order valence-corrected chi connectivity index (χ0v) is 21.6. The third kappa shape index (κ3) is 6.63. The minimum absolute atomic E-state index is 0.0487. The predicted molar refractivity (Wildman–Crippen MR) is 147 cm³/mol. The van der Waals surface area contributed by atoms with Crippen LogP contribution in [0.5, 0.6) is 5.75 Å². The van der Waals surface area contributed by atoms with Crippen LogP contribution in [0.3, 0.4) is 0 Å². The Hall–Kier alpha value is -2.94. The zero-order chi connectivity index (χ0) is 25.3. The van der Waals surface area contributed by atoms with Crippen molar-refractivity contribution >= 4 is 10.8 Å². The first-order valence-electron chi connectivity index (χ1n) is 13.5. The van der Waals surface area contributed by atoms with E-state index < -0.39 is 11.6 Å². The van der Waals surface area contributed by atoms with Gasteiger partial charge < -0.3 is 4.74 Å². The Morgan fingerprint density at radius 3 is 2.31 bits per heavy atom. The molecule has 0 unspecified atom stereocenters. The Morgan fingerprint density at radius 2 is 1.58 bits per heavy atom. The summed E-state index contributed by atoms with van der Waals surface area (Å²) in [5, 5.41) is 0.951. The van der Waals surface area contributed by atoms with Crippen molar-refractivity contribution in [1.29, 1.82) is 0 Å². The van der Waals surface area contributed by atoms with Crippen LogP contribution in [0.2, 0.25) is 0 Å². The van der Waals surface area contributed by atoms with Gasteiger partial charge in [-0.3, -0.25) is 0 Å². The maximum atomic E-state index is 14.8. The molecule has 0 heterocycles. The number of hydrogen-bond donors (Lipinski definition) is 0. The normalized spacial score (nSPS) is 18.4. The van der Waals surface area contributed by atoms with Crippen molar-refractivity contribution in [3.05, 3.63) is 101 Å². The molecule has 0 saturated heterocycles. The van der Waals surface area contributed by atoms with Gasteiger partial charge in [0.15, 0.2) is 11.6 Å². The number of rotatable bonds is 10. The van der Waals surface area contributed by atoms with Crippen LogP contribution in [0.25, 0.3) is 10.8 Å². The molecule has 190 valence electrons. The zero-order valence-electron chi connectivity index (χ0n) is 21.6. The van der Waals surface area contributed by atoms with Crippen LogP contribution in [-0.4, -0.2) is 6.61 Å². The molecule has 0 atom stereocenters. The summed E-state index contributed by atoms with van der Waals surface area (Å²) < 4.78 is 34.6. The topological polar surface area (TPSA) is 9.23 Å². The molecule has 0 aliphatic heterocycles. The number of unbranched alkanes of at least 4 members (excludes halogenated alkanes) is 1. The molecule has 1 fully saturated rings. The summed E-state index contributed by atoms with van der Waals surface area (Å²) in [6.45, 7) is 4.30. The monoisotopic (exact) mass is 488 g/mol. The summed E-state index contributed by atoms with van der Waals surface area (Å²) in [5.74, 6) is -0.396. The van der Waals surface area contributed by atoms with Crippen LogP contribution >= 0.6 is 0 Å². The number of allylic oxidation sites excluding steroid dienone is 3. The minimum atomic E-state index is -0.925. The van der Waals surface area contributed by atoms with Gasteiger partial charge in [-0.05, 0) is 97.9 Å². The first-order valence-corrected chi connectivity index (χ1v) is 13.5. The molecule has 0 amide bonds. The van der Waals surface area contributed by atoms with Gasteiger partial charge in [-0.1, -0.05) is 74.0 Å². The van der Waals surface area contributed by atoms with Gasteiger partial charge in [0.2, 0.25) is 5.82 Å². The summed E-state index contributed by atoms with van der Waals surface area (Å²) in [7, 11) is 0. The van der Waals surface area contributed by atoms with Crippen LogP contribution in [0.4, 0.5) is 8.78 Å². The highest BCUT2D eigenvalue weighted by Gasteiger charge is 2.21. The molecule has 3 aromatic rings. The highest BCUT2D eigenvalue weighted by molar-refractivity contribution is 5.85. The second kappa shape index (κ2) is 12.9. The van der Waals surface area contributed by atoms with Gasteiger partial charge in [0.05, 0.1) is 0 Å². The van der Waals surface area contributed by atoms with Gasteiger partial charge in [-0.25, -0.2) is 4.39 Å². The Labute approximate surface area is 214 Å². The summed E-state index contributed by atoms with van der Waals surface area (Å²) in [4.78, 5) is 0. The minimum Gasteiger partial charge on any atom is -0.486 e. The number of benzene rings is 3. The molecule has 1 aliphatic carbocycles. The molecular weight excluding hydrogens is 450 g/mol. The lowest BCUT2D eigenvalue weighted by atomic mass is 9.78. The van der Waals surface area contributed by atoms with E-state index in [-0.39, 0.29) is 12.4 Å². The van der Waals surface area contributed by atoms with E-state index in [1.807, 2.05) is 25.1 Å². The quantitative estimate of drug-likeness (QED) is 0.258. The molecule has 4 rings (SSSR count). The van der Waals surface area contributed by atoms with E-state index >= 15 is 0 Å². The Balaban J connectivity index is 1.35. The first-order chi connectivity index (χ1) is 17.6. The second-order valence-electron chi connectivity index (χ2n) is 10.0. The second-order valence-corrected chi connectivity index (χ2v) is 10.0. The van der Waals surface area contributed by atoms with E-state index in [0.29, 0.717) is 16.7 Å². The lowest BCUT2D eigenvalue weighted by molar-refractivity contribution is 0.334. The molecule has 0 spiro atoms. The van der Waals surface area contributed by atoms with Gasteiger partial charge in [-0.2, -0.15) is 4.39 Å². The molecule has 0 bridgehead atoms. The van der Waals surface area contributed by atoms with E-state index in [0.717, 1.165) is 24.3 Å². The molecule has 36 heavy (non-hydrogen) atoms. The third-order valence-corrected chi connectivity index (χ3v) is 7.41. The molecule has 1 aliphatic rings. The van der Waals surface area contributed by atoms with E-state index in [2.05, 4.69) is 43.3 Å². The summed E-state index contributed by atoms with van der Waals surface area (Å²) >= 11 is 0. The van der Waals surface area contributed by atoms with Crippen molar-refractivity contribution in [3.8, 4) is 5.75 Å². The third-order valence-electron chi connectivity index (χ3n) is 7.41. The fourth-order valence-corrected chi connectivity index (χ4v) is 5.19. The predicted octanol–water partition coefficient (Wildman–Crippen LogP) is 9.49. The SMILES string of the molecule is CC=CCOc1cc2ccc(CCc3ccc(C4CCC(/C=C/CCC)CC4)cc3)cc2c(F)c1F. The van der Waals surface area contributed by atoms with Crippen molar-refractivity contribution < 1.29 is 13.5 Å². The summed E-state index contributed by atoms with van der Waals surface area (Å²) in [5.41, 5.74) is 3.72. The number of fused-ring (bicyclic) bond motifs is 1. The van der Waals surface area contributed by atoms with E-state index in [4.69, 9.17) is 4.74 Å². The number of hydrogen-bond acceptors (Lipinski definition) is 1. The fraction of sp³-hybridized carbons (Fsp3) is 0.394. The van der Waals surface area contributed by atoms with Gasteiger partial charge in [0, 0.05) is 5.39 Å². The Morgan fingerprint density at radius 1 is 0.861 bits per heavy atom. The van der Waals surface area contributed by atoms with E-state index in [1.165, 1.54) is 49.7 Å². The van der Waals surface area contributed by atoms with Gasteiger partial charge in [0.1, 0.15) is 6.61 Å². The number of ether oxygens (including phenoxy) is 1. The number of halogens is 2. The molecule has 3 aromatic carbocycles. The summed E-state index contributed by atoms with van der Waals surface area (Å²) in [6, 6.07) is 16.2. The largest absolute Gasteiger partial charge is 0.486 e. The number of aryl methyl sites for hydroxylation is 2. The molecule has 0 N–H and O–H groups in total. The average molecular weight is 489 g/mol. The van der Waals surface area contributed by atoms with Crippen LogP contribution in [0, 0.1) is 17.6 Å². The lowest BCUT2D eigenvalue weighted by Crippen LogP contribution is -2.11.